The molecule has 1 heterocycles. The van der Waals surface area contributed by atoms with Gasteiger partial charge in [0.2, 0.25) is 10.0 Å². The van der Waals surface area contributed by atoms with Gasteiger partial charge in [0.05, 0.1) is 12.4 Å². The van der Waals surface area contributed by atoms with E-state index >= 15 is 0 Å². The number of nitrogens with zero attached hydrogens (tertiary/aromatic N) is 1. The number of piperidine rings is 1. The molecule has 1 aliphatic rings. The number of hydrogen-bond donors (Lipinski definition) is 1. The van der Waals surface area contributed by atoms with Crippen LogP contribution in [0.25, 0.3) is 0 Å². The monoisotopic (exact) mass is 208 g/mol. The SMILES string of the molecule is COC1CN(S(C)(=O)=O)CCC1N. The van der Waals surface area contributed by atoms with Gasteiger partial charge in [-0.25, -0.2) is 8.42 Å². The van der Waals surface area contributed by atoms with Gasteiger partial charge in [-0.15, -0.1) is 0 Å². The van der Waals surface area contributed by atoms with Crippen LogP contribution in [0.3, 0.4) is 0 Å². The lowest BCUT2D eigenvalue weighted by atomic mass is 10.1. The largest absolute Gasteiger partial charge is 0.378 e. The lowest BCUT2D eigenvalue weighted by Crippen LogP contribution is -2.52. The highest BCUT2D eigenvalue weighted by Crippen LogP contribution is 2.14. The Labute approximate surface area is 78.9 Å². The highest BCUT2D eigenvalue weighted by Gasteiger charge is 2.30. The number of hydrogen-bond acceptors (Lipinski definition) is 4. The molecule has 0 aromatic heterocycles. The van der Waals surface area contributed by atoms with E-state index in [1.54, 1.807) is 7.11 Å². The molecule has 0 aromatic rings. The Morgan fingerprint density at radius 2 is 2.15 bits per heavy atom. The van der Waals surface area contributed by atoms with Gasteiger partial charge in [0.1, 0.15) is 0 Å². The molecule has 1 saturated heterocycles. The van der Waals surface area contributed by atoms with Crippen LogP contribution in [0.2, 0.25) is 0 Å². The van der Waals surface area contributed by atoms with Gasteiger partial charge in [0.15, 0.2) is 0 Å². The standard InChI is InChI=1S/C7H16N2O3S/c1-12-7-5-9(13(2,10)11)4-3-6(7)8/h6-7H,3-5,8H2,1-2H3. The molecule has 2 N–H and O–H groups in total. The first-order valence-corrected chi connectivity index (χ1v) is 6.03. The van der Waals surface area contributed by atoms with Crippen molar-refractivity contribution in [2.45, 2.75) is 18.6 Å². The minimum absolute atomic E-state index is 0.0528. The Balaban J connectivity index is 2.65. The van der Waals surface area contributed by atoms with Gasteiger partial charge in [-0.3, -0.25) is 0 Å². The van der Waals surface area contributed by atoms with E-state index < -0.39 is 10.0 Å². The second-order valence-electron chi connectivity index (χ2n) is 3.35. The zero-order valence-corrected chi connectivity index (χ0v) is 8.75. The Kier molecular flexibility index (Phi) is 3.28. The summed E-state index contributed by atoms with van der Waals surface area (Å²) in [5.41, 5.74) is 5.75. The molecule has 1 rings (SSSR count). The smallest absolute Gasteiger partial charge is 0.211 e. The third-order valence-corrected chi connectivity index (χ3v) is 3.61. The molecule has 5 nitrogen and oxygen atoms in total. The molecule has 0 aromatic carbocycles. The van der Waals surface area contributed by atoms with Gasteiger partial charge in [0, 0.05) is 26.2 Å². The average Bonchev–Trinajstić information content (AvgIpc) is 2.03. The van der Waals surface area contributed by atoms with Crippen LogP contribution in [0.5, 0.6) is 0 Å². The van der Waals surface area contributed by atoms with E-state index in [0.29, 0.717) is 19.5 Å². The molecule has 6 heteroatoms. The normalized spacial score (nSPS) is 31.9. The molecule has 0 amide bonds. The summed E-state index contributed by atoms with van der Waals surface area (Å²) in [4.78, 5) is 0. The second kappa shape index (κ2) is 3.91. The van der Waals surface area contributed by atoms with E-state index in [1.807, 2.05) is 0 Å². The van der Waals surface area contributed by atoms with Gasteiger partial charge >= 0.3 is 0 Å². The number of rotatable bonds is 2. The average molecular weight is 208 g/mol. The Morgan fingerprint density at radius 3 is 2.62 bits per heavy atom. The summed E-state index contributed by atoms with van der Waals surface area (Å²) in [6, 6.07) is -0.0528. The van der Waals surface area contributed by atoms with Crippen LogP contribution in [0.1, 0.15) is 6.42 Å². The lowest BCUT2D eigenvalue weighted by Gasteiger charge is -2.34. The topological polar surface area (TPSA) is 72.6 Å². The number of methoxy groups -OCH3 is 1. The van der Waals surface area contributed by atoms with Crippen molar-refractivity contribution in [2.75, 3.05) is 26.5 Å². The van der Waals surface area contributed by atoms with E-state index in [2.05, 4.69) is 0 Å². The lowest BCUT2D eigenvalue weighted by molar-refractivity contribution is 0.0415. The first-order valence-electron chi connectivity index (χ1n) is 4.18. The van der Waals surface area contributed by atoms with Crippen LogP contribution < -0.4 is 5.73 Å². The molecule has 0 radical (unpaired) electrons. The molecular formula is C7H16N2O3S. The molecule has 0 bridgehead atoms. The summed E-state index contributed by atoms with van der Waals surface area (Å²) in [6.45, 7) is 0.871. The van der Waals surface area contributed by atoms with E-state index in [4.69, 9.17) is 10.5 Å². The number of sulfonamides is 1. The van der Waals surface area contributed by atoms with E-state index in [0.717, 1.165) is 0 Å². The fourth-order valence-electron chi connectivity index (χ4n) is 1.46. The summed E-state index contributed by atoms with van der Waals surface area (Å²) >= 11 is 0. The fourth-order valence-corrected chi connectivity index (χ4v) is 2.31. The van der Waals surface area contributed by atoms with Crippen LogP contribution >= 0.6 is 0 Å². The molecule has 0 spiro atoms. The van der Waals surface area contributed by atoms with Gasteiger partial charge in [-0.1, -0.05) is 0 Å². The Bertz CT molecular complexity index is 265. The Hall–Kier alpha value is -0.170. The van der Waals surface area contributed by atoms with Gasteiger partial charge in [-0.05, 0) is 6.42 Å². The molecule has 0 saturated carbocycles. The van der Waals surface area contributed by atoms with Crippen molar-refractivity contribution in [2.24, 2.45) is 5.73 Å². The highest BCUT2D eigenvalue weighted by atomic mass is 32.2. The number of ether oxygens (including phenoxy) is 1. The first-order chi connectivity index (χ1) is 5.95. The zero-order chi connectivity index (χ0) is 10.1. The summed E-state index contributed by atoms with van der Waals surface area (Å²) in [5, 5.41) is 0. The van der Waals surface area contributed by atoms with Crippen molar-refractivity contribution in [3.05, 3.63) is 0 Å². The molecule has 1 fully saturated rings. The molecule has 0 aliphatic carbocycles. The molecule has 1 aliphatic heterocycles. The third-order valence-electron chi connectivity index (χ3n) is 2.34. The first kappa shape index (κ1) is 10.9. The van der Waals surface area contributed by atoms with Gasteiger partial charge in [0.25, 0.3) is 0 Å². The van der Waals surface area contributed by atoms with E-state index in [9.17, 15) is 8.42 Å². The van der Waals surface area contributed by atoms with Gasteiger partial charge in [-0.2, -0.15) is 4.31 Å². The maximum atomic E-state index is 11.2. The molecule has 2 unspecified atom stereocenters. The molecule has 13 heavy (non-hydrogen) atoms. The minimum atomic E-state index is -3.09. The maximum Gasteiger partial charge on any atom is 0.211 e. The van der Waals surface area contributed by atoms with Gasteiger partial charge < -0.3 is 10.5 Å². The predicted molar refractivity (Wildman–Crippen MR) is 49.8 cm³/mol. The molecular weight excluding hydrogens is 192 g/mol. The van der Waals surface area contributed by atoms with Crippen LogP contribution in [-0.4, -0.2) is 51.3 Å². The Morgan fingerprint density at radius 1 is 1.54 bits per heavy atom. The predicted octanol–water partition coefficient (Wildman–Crippen LogP) is -1.01. The quantitative estimate of drug-likeness (QED) is 0.631. The maximum absolute atomic E-state index is 11.2. The van der Waals surface area contributed by atoms with Crippen molar-refractivity contribution in [1.29, 1.82) is 0 Å². The van der Waals surface area contributed by atoms with Crippen LogP contribution in [0.4, 0.5) is 0 Å². The second-order valence-corrected chi connectivity index (χ2v) is 5.33. The number of nitrogens with two attached hydrogens (primary N) is 1. The fraction of sp³-hybridized carbons (Fsp3) is 1.00. The van der Waals surface area contributed by atoms with E-state index in [1.165, 1.54) is 10.6 Å². The molecule has 78 valence electrons. The molecule has 2 atom stereocenters. The van der Waals surface area contributed by atoms with Crippen molar-refractivity contribution >= 4 is 10.0 Å². The minimum Gasteiger partial charge on any atom is -0.378 e. The van der Waals surface area contributed by atoms with Crippen molar-refractivity contribution in [3.63, 3.8) is 0 Å². The summed E-state index contributed by atoms with van der Waals surface area (Å²) in [5.74, 6) is 0. The van der Waals surface area contributed by atoms with Crippen molar-refractivity contribution in [1.82, 2.24) is 4.31 Å². The third kappa shape index (κ3) is 2.63. The summed E-state index contributed by atoms with van der Waals surface area (Å²) in [6.07, 6.45) is 1.69. The van der Waals surface area contributed by atoms with Crippen molar-refractivity contribution in [3.8, 4) is 0 Å². The highest BCUT2D eigenvalue weighted by molar-refractivity contribution is 7.88. The van der Waals surface area contributed by atoms with Crippen LogP contribution in [0.15, 0.2) is 0 Å². The van der Waals surface area contributed by atoms with Crippen LogP contribution in [-0.2, 0) is 14.8 Å². The summed E-state index contributed by atoms with van der Waals surface area (Å²) < 4.78 is 28.9. The zero-order valence-electron chi connectivity index (χ0n) is 7.93. The van der Waals surface area contributed by atoms with Crippen molar-refractivity contribution < 1.29 is 13.2 Å². The van der Waals surface area contributed by atoms with E-state index in [-0.39, 0.29) is 12.1 Å². The summed E-state index contributed by atoms with van der Waals surface area (Å²) in [7, 11) is -1.54. The van der Waals surface area contributed by atoms with Crippen LogP contribution in [0, 0.1) is 0 Å².